The Morgan fingerprint density at radius 3 is 2.57 bits per heavy atom. The molecule has 1 rings (SSSR count). The highest BCUT2D eigenvalue weighted by atomic mass is 16.1. The van der Waals surface area contributed by atoms with E-state index >= 15 is 0 Å². The number of nitrogens with two attached hydrogens (primary N) is 1. The first-order valence-corrected chi connectivity index (χ1v) is 4.79. The molecule has 2 nitrogen and oxygen atoms in total. The Morgan fingerprint density at radius 2 is 1.93 bits per heavy atom. The zero-order valence-electron chi connectivity index (χ0n) is 8.73. The number of aldehydes is 1. The molecule has 0 aromatic heterocycles. The van der Waals surface area contributed by atoms with Crippen LogP contribution in [0.2, 0.25) is 0 Å². The maximum absolute atomic E-state index is 10.0. The molecular formula is C12H17NO. The summed E-state index contributed by atoms with van der Waals surface area (Å²) in [4.78, 5) is 10.0. The Hall–Kier alpha value is -1.57. The first-order valence-electron chi connectivity index (χ1n) is 4.79. The molecule has 0 unspecified atom stereocenters. The zero-order valence-corrected chi connectivity index (χ0v) is 8.73. The molecule has 0 aliphatic heterocycles. The van der Waals surface area contributed by atoms with Crippen LogP contribution in [0.15, 0.2) is 47.7 Å². The van der Waals surface area contributed by atoms with E-state index in [0.29, 0.717) is 5.70 Å². The quantitative estimate of drug-likeness (QED) is 0.538. The lowest BCUT2D eigenvalue weighted by Crippen LogP contribution is -1.95. The average Bonchev–Trinajstić information content (AvgIpc) is 2.43. The van der Waals surface area contributed by atoms with Crippen molar-refractivity contribution >= 4 is 6.29 Å². The summed E-state index contributed by atoms with van der Waals surface area (Å²) in [7, 11) is 0. The van der Waals surface area contributed by atoms with Crippen LogP contribution in [0, 0.1) is 0 Å². The third-order valence-electron chi connectivity index (χ3n) is 1.55. The van der Waals surface area contributed by atoms with Crippen molar-refractivity contribution in [3.63, 3.8) is 0 Å². The fourth-order valence-corrected chi connectivity index (χ4v) is 0.956. The minimum Gasteiger partial charge on any atom is -0.398 e. The molecule has 0 fully saturated rings. The van der Waals surface area contributed by atoms with Crippen LogP contribution in [-0.2, 0) is 4.79 Å². The Balaban J connectivity index is 0.000000791. The number of rotatable bonds is 2. The van der Waals surface area contributed by atoms with Gasteiger partial charge in [-0.15, -0.1) is 0 Å². The van der Waals surface area contributed by atoms with Crippen LogP contribution in [0.1, 0.15) is 20.3 Å². The van der Waals surface area contributed by atoms with Crippen molar-refractivity contribution in [2.45, 2.75) is 20.3 Å². The van der Waals surface area contributed by atoms with Gasteiger partial charge >= 0.3 is 0 Å². The standard InChI is InChI=1S/C10H11NO.C2H6/c11-10-7-3-1-2-5-9(10)6-4-8-12;1-2/h2-8H,1,11H2;1-2H3/b6-4-;. The molecule has 1 aliphatic rings. The fraction of sp³-hybridized carbons (Fsp3) is 0.250. The van der Waals surface area contributed by atoms with Gasteiger partial charge in [-0.1, -0.05) is 32.1 Å². The second kappa shape index (κ2) is 8.05. The summed E-state index contributed by atoms with van der Waals surface area (Å²) in [6.45, 7) is 4.00. The van der Waals surface area contributed by atoms with Gasteiger partial charge in [0.15, 0.2) is 0 Å². The molecular weight excluding hydrogens is 174 g/mol. The molecule has 0 bridgehead atoms. The monoisotopic (exact) mass is 191 g/mol. The first-order chi connectivity index (χ1) is 6.84. The molecule has 1 aliphatic carbocycles. The Morgan fingerprint density at radius 1 is 1.29 bits per heavy atom. The van der Waals surface area contributed by atoms with Gasteiger partial charge in [-0.3, -0.25) is 4.79 Å². The van der Waals surface area contributed by atoms with Crippen LogP contribution in [0.4, 0.5) is 0 Å². The minimum atomic E-state index is 0.696. The summed E-state index contributed by atoms with van der Waals surface area (Å²) in [5, 5.41) is 0. The van der Waals surface area contributed by atoms with Gasteiger partial charge in [-0.25, -0.2) is 0 Å². The van der Waals surface area contributed by atoms with Crippen molar-refractivity contribution in [2.24, 2.45) is 5.73 Å². The van der Waals surface area contributed by atoms with Crippen molar-refractivity contribution in [3.05, 3.63) is 47.7 Å². The van der Waals surface area contributed by atoms with E-state index in [4.69, 9.17) is 5.73 Å². The highest BCUT2D eigenvalue weighted by molar-refractivity contribution is 5.66. The van der Waals surface area contributed by atoms with E-state index in [-0.39, 0.29) is 0 Å². The summed E-state index contributed by atoms with van der Waals surface area (Å²) in [5.41, 5.74) is 7.28. The first kappa shape index (κ1) is 12.4. The molecule has 76 valence electrons. The number of hydrogen-bond donors (Lipinski definition) is 1. The zero-order chi connectivity index (χ0) is 10.8. The lowest BCUT2D eigenvalue weighted by Gasteiger charge is -1.95. The largest absolute Gasteiger partial charge is 0.398 e. The summed E-state index contributed by atoms with van der Waals surface area (Å²) in [5.74, 6) is 0. The van der Waals surface area contributed by atoms with E-state index < -0.39 is 0 Å². The molecule has 2 N–H and O–H groups in total. The highest BCUT2D eigenvalue weighted by Crippen LogP contribution is 2.09. The molecule has 0 aromatic rings. The number of carbonyl (C=O) groups is 1. The molecule has 0 amide bonds. The van der Waals surface area contributed by atoms with Gasteiger partial charge < -0.3 is 5.73 Å². The third-order valence-corrected chi connectivity index (χ3v) is 1.55. The molecule has 0 radical (unpaired) electrons. The SMILES string of the molecule is CC.NC1=C(/C=C\C=O)C=CCC=C1. The van der Waals surface area contributed by atoms with Crippen molar-refractivity contribution in [1.29, 1.82) is 0 Å². The van der Waals surface area contributed by atoms with Gasteiger partial charge in [-0.05, 0) is 30.2 Å². The Labute approximate surface area is 85.5 Å². The normalized spacial score (nSPS) is 15.0. The van der Waals surface area contributed by atoms with E-state index in [1.165, 1.54) is 6.08 Å². The maximum atomic E-state index is 10.0. The predicted molar refractivity (Wildman–Crippen MR) is 60.7 cm³/mol. The van der Waals surface area contributed by atoms with Crippen LogP contribution in [0.25, 0.3) is 0 Å². The lowest BCUT2D eigenvalue weighted by atomic mass is 10.2. The molecule has 0 atom stereocenters. The molecule has 14 heavy (non-hydrogen) atoms. The molecule has 0 spiro atoms. The van der Waals surface area contributed by atoms with Gasteiger partial charge in [-0.2, -0.15) is 0 Å². The van der Waals surface area contributed by atoms with Gasteiger partial charge in [0, 0.05) is 5.70 Å². The van der Waals surface area contributed by atoms with E-state index in [2.05, 4.69) is 0 Å². The third kappa shape index (κ3) is 4.45. The predicted octanol–water partition coefficient (Wildman–Crippen LogP) is 2.50. The molecule has 2 heteroatoms. The summed E-state index contributed by atoms with van der Waals surface area (Å²) >= 11 is 0. The lowest BCUT2D eigenvalue weighted by molar-refractivity contribution is -0.104. The summed E-state index contributed by atoms with van der Waals surface area (Å²) < 4.78 is 0. The maximum Gasteiger partial charge on any atom is 0.142 e. The second-order valence-electron chi connectivity index (χ2n) is 2.45. The average molecular weight is 191 g/mol. The fourth-order valence-electron chi connectivity index (χ4n) is 0.956. The van der Waals surface area contributed by atoms with E-state index in [9.17, 15) is 4.79 Å². The molecule has 0 saturated heterocycles. The van der Waals surface area contributed by atoms with E-state index in [1.54, 1.807) is 6.08 Å². The topological polar surface area (TPSA) is 43.1 Å². The van der Waals surface area contributed by atoms with Crippen molar-refractivity contribution in [1.82, 2.24) is 0 Å². The van der Waals surface area contributed by atoms with Crippen molar-refractivity contribution in [3.8, 4) is 0 Å². The Kier molecular flexibility index (Phi) is 7.15. The van der Waals surface area contributed by atoms with Gasteiger partial charge in [0.05, 0.1) is 0 Å². The number of hydrogen-bond acceptors (Lipinski definition) is 2. The van der Waals surface area contributed by atoms with E-state index in [0.717, 1.165) is 18.3 Å². The van der Waals surface area contributed by atoms with Crippen molar-refractivity contribution < 1.29 is 4.79 Å². The van der Waals surface area contributed by atoms with Gasteiger partial charge in [0.1, 0.15) is 6.29 Å². The Bertz CT molecular complexity index is 283. The number of carbonyl (C=O) groups excluding carboxylic acids is 1. The summed E-state index contributed by atoms with van der Waals surface area (Å²) in [6, 6.07) is 0. The van der Waals surface area contributed by atoms with Crippen LogP contribution in [0.5, 0.6) is 0 Å². The molecule has 0 heterocycles. The van der Waals surface area contributed by atoms with Gasteiger partial charge in [0.2, 0.25) is 0 Å². The molecule has 0 aromatic carbocycles. The van der Waals surface area contributed by atoms with E-state index in [1.807, 2.05) is 38.2 Å². The van der Waals surface area contributed by atoms with Crippen LogP contribution < -0.4 is 5.73 Å². The minimum absolute atomic E-state index is 0.696. The highest BCUT2D eigenvalue weighted by Gasteiger charge is 1.94. The summed E-state index contributed by atoms with van der Waals surface area (Å²) in [6.07, 6.45) is 12.5. The second-order valence-corrected chi connectivity index (χ2v) is 2.45. The number of allylic oxidation sites excluding steroid dienone is 7. The van der Waals surface area contributed by atoms with Crippen molar-refractivity contribution in [2.75, 3.05) is 0 Å². The molecule has 0 saturated carbocycles. The van der Waals surface area contributed by atoms with Gasteiger partial charge in [0.25, 0.3) is 0 Å². The smallest absolute Gasteiger partial charge is 0.142 e. The van der Waals surface area contributed by atoms with Crippen LogP contribution in [-0.4, -0.2) is 6.29 Å². The van der Waals surface area contributed by atoms with Crippen LogP contribution in [0.3, 0.4) is 0 Å². The van der Waals surface area contributed by atoms with Crippen LogP contribution >= 0.6 is 0 Å².